The molecule has 0 saturated heterocycles. The first-order valence-corrected chi connectivity index (χ1v) is 9.56. The lowest BCUT2D eigenvalue weighted by Crippen LogP contribution is -2.35. The highest BCUT2D eigenvalue weighted by Gasteiger charge is 2.36. The number of rotatable bonds is 4. The van der Waals surface area contributed by atoms with Crippen LogP contribution in [0.3, 0.4) is 0 Å². The van der Waals surface area contributed by atoms with Gasteiger partial charge < -0.3 is 9.47 Å². The zero-order valence-electron chi connectivity index (χ0n) is 14.4. The minimum Gasteiger partial charge on any atom is -0.497 e. The zero-order chi connectivity index (χ0) is 19.0. The van der Waals surface area contributed by atoms with E-state index in [1.54, 1.807) is 42.7 Å². The van der Waals surface area contributed by atoms with Crippen molar-refractivity contribution in [3.8, 4) is 11.5 Å². The molecular weight excluding hydrogens is 384 g/mol. The second kappa shape index (κ2) is 7.01. The van der Waals surface area contributed by atoms with Gasteiger partial charge in [0.15, 0.2) is 5.84 Å². The number of thioether (sulfide) groups is 1. The van der Waals surface area contributed by atoms with Crippen LogP contribution in [0.15, 0.2) is 51.4 Å². The Morgan fingerprint density at radius 1 is 1.22 bits per heavy atom. The van der Waals surface area contributed by atoms with E-state index < -0.39 is 5.91 Å². The van der Waals surface area contributed by atoms with Gasteiger partial charge >= 0.3 is 0 Å². The number of fused-ring (bicyclic) bond motifs is 1. The number of aliphatic imine (C=N–C) groups is 1. The Bertz CT molecular complexity index is 1030. The van der Waals surface area contributed by atoms with Crippen LogP contribution >= 0.6 is 23.1 Å². The quantitative estimate of drug-likeness (QED) is 0.797. The number of nitrogens with one attached hydrogen (secondary N) is 1. The number of amidine groups is 2. The van der Waals surface area contributed by atoms with Gasteiger partial charge in [-0.05, 0) is 41.4 Å². The molecule has 136 valence electrons. The summed E-state index contributed by atoms with van der Waals surface area (Å²) in [6.07, 6.45) is 1.59. The minimum atomic E-state index is -0.473. The summed E-state index contributed by atoms with van der Waals surface area (Å²) < 4.78 is 10.6. The number of carbonyl (C=O) groups is 1. The van der Waals surface area contributed by atoms with Crippen LogP contribution in [0, 0.1) is 5.41 Å². The van der Waals surface area contributed by atoms with E-state index in [2.05, 4.69) is 10.1 Å². The molecule has 0 fully saturated rings. The van der Waals surface area contributed by atoms with Crippen LogP contribution in [-0.2, 0) is 4.79 Å². The van der Waals surface area contributed by atoms with Crippen LogP contribution in [0.5, 0.6) is 11.5 Å². The lowest BCUT2D eigenvalue weighted by molar-refractivity contribution is -0.114. The van der Waals surface area contributed by atoms with Crippen LogP contribution in [0.4, 0.5) is 0 Å². The molecule has 0 unspecified atom stereocenters. The molecule has 1 aromatic heterocycles. The summed E-state index contributed by atoms with van der Waals surface area (Å²) >= 11 is 2.83. The fraction of sp³-hybridized carbons (Fsp3) is 0.111. The molecule has 3 heterocycles. The molecule has 2 aromatic rings. The third-order valence-electron chi connectivity index (χ3n) is 3.93. The zero-order valence-corrected chi connectivity index (χ0v) is 16.1. The molecule has 0 aliphatic carbocycles. The molecule has 0 atom stereocenters. The normalized spacial score (nSPS) is 17.7. The Morgan fingerprint density at radius 2 is 2.07 bits per heavy atom. The van der Waals surface area contributed by atoms with Gasteiger partial charge in [0, 0.05) is 11.6 Å². The van der Waals surface area contributed by atoms with Gasteiger partial charge in [0.2, 0.25) is 5.17 Å². The second-order valence-electron chi connectivity index (χ2n) is 5.51. The monoisotopic (exact) mass is 398 g/mol. The second-order valence-corrected chi connectivity index (χ2v) is 7.41. The summed E-state index contributed by atoms with van der Waals surface area (Å²) in [5.41, 5.74) is 0.804. The number of ether oxygens (including phenoxy) is 2. The molecular formula is C18H14N4O3S2. The van der Waals surface area contributed by atoms with E-state index in [0.717, 1.165) is 9.92 Å². The summed E-state index contributed by atoms with van der Waals surface area (Å²) in [5, 5.41) is 17.4. The highest BCUT2D eigenvalue weighted by atomic mass is 32.2. The average Bonchev–Trinajstić information content (AvgIpc) is 3.34. The number of carbonyl (C=O) groups excluding carboxylic acids is 1. The first-order valence-electron chi connectivity index (χ1n) is 7.87. The smallest absolute Gasteiger partial charge is 0.283 e. The Morgan fingerprint density at radius 3 is 2.78 bits per heavy atom. The standard InChI is InChI=1S/C18H14N4O3S2/c1-24-11-6-5-10(13(9-11)25-2)8-12-15(19)22-18(20-16(12)23)27-17(21-22)14-4-3-7-26-14/h3-9,19H,1-2H3/b12-8-,19-15?. The van der Waals surface area contributed by atoms with Crippen molar-refractivity contribution in [2.75, 3.05) is 14.2 Å². The first kappa shape index (κ1) is 17.5. The fourth-order valence-electron chi connectivity index (χ4n) is 2.59. The highest BCUT2D eigenvalue weighted by Crippen LogP contribution is 2.33. The molecule has 9 heteroatoms. The number of nitrogens with zero attached hydrogens (tertiary/aromatic N) is 3. The number of methoxy groups -OCH3 is 2. The summed E-state index contributed by atoms with van der Waals surface area (Å²) in [7, 11) is 3.10. The van der Waals surface area contributed by atoms with E-state index in [0.29, 0.717) is 22.2 Å². The Balaban J connectivity index is 1.71. The highest BCUT2D eigenvalue weighted by molar-refractivity contribution is 8.27. The molecule has 7 nitrogen and oxygen atoms in total. The molecule has 0 saturated carbocycles. The van der Waals surface area contributed by atoms with Gasteiger partial charge in [0.05, 0.1) is 24.7 Å². The van der Waals surface area contributed by atoms with Crippen molar-refractivity contribution in [1.82, 2.24) is 5.01 Å². The van der Waals surface area contributed by atoms with Crippen LogP contribution in [-0.4, -0.2) is 41.2 Å². The van der Waals surface area contributed by atoms with Crippen molar-refractivity contribution in [3.05, 3.63) is 51.7 Å². The van der Waals surface area contributed by atoms with Gasteiger partial charge in [0.1, 0.15) is 16.5 Å². The average molecular weight is 398 g/mol. The van der Waals surface area contributed by atoms with Crippen molar-refractivity contribution in [1.29, 1.82) is 5.41 Å². The summed E-state index contributed by atoms with van der Waals surface area (Å²) in [6.45, 7) is 0. The van der Waals surface area contributed by atoms with E-state index in [4.69, 9.17) is 14.9 Å². The minimum absolute atomic E-state index is 0.0121. The van der Waals surface area contributed by atoms with Gasteiger partial charge in [-0.25, -0.2) is 0 Å². The van der Waals surface area contributed by atoms with Crippen LogP contribution in [0.2, 0.25) is 0 Å². The van der Waals surface area contributed by atoms with E-state index in [-0.39, 0.29) is 11.4 Å². The largest absolute Gasteiger partial charge is 0.497 e. The molecule has 2 aliphatic heterocycles. The summed E-state index contributed by atoms with van der Waals surface area (Å²) in [6, 6.07) is 9.12. The van der Waals surface area contributed by atoms with Crippen LogP contribution < -0.4 is 9.47 Å². The van der Waals surface area contributed by atoms with E-state index >= 15 is 0 Å². The van der Waals surface area contributed by atoms with Gasteiger partial charge in [-0.1, -0.05) is 6.07 Å². The van der Waals surface area contributed by atoms with Crippen molar-refractivity contribution >= 4 is 51.1 Å². The predicted molar refractivity (Wildman–Crippen MR) is 108 cm³/mol. The number of benzene rings is 1. The van der Waals surface area contributed by atoms with Crippen molar-refractivity contribution in [2.24, 2.45) is 10.1 Å². The van der Waals surface area contributed by atoms with Gasteiger partial charge in [0.25, 0.3) is 5.91 Å². The number of thiophene rings is 1. The number of hydrazone groups is 1. The lowest BCUT2D eigenvalue weighted by atomic mass is 10.1. The maximum Gasteiger partial charge on any atom is 0.283 e. The maximum absolute atomic E-state index is 12.5. The number of hydrogen-bond acceptors (Lipinski definition) is 7. The SMILES string of the molecule is COc1ccc(/C=C2/C(=N)N3N=C(c4cccs4)SC3=NC2=O)c(OC)c1. The number of amides is 1. The van der Waals surface area contributed by atoms with Gasteiger partial charge in [-0.3, -0.25) is 10.2 Å². The third-order valence-corrected chi connectivity index (χ3v) is 5.87. The van der Waals surface area contributed by atoms with Crippen molar-refractivity contribution < 1.29 is 14.3 Å². The lowest BCUT2D eigenvalue weighted by Gasteiger charge is -2.20. The molecule has 4 rings (SSSR count). The molecule has 27 heavy (non-hydrogen) atoms. The molecule has 1 aromatic carbocycles. The summed E-state index contributed by atoms with van der Waals surface area (Å²) in [4.78, 5) is 17.6. The molecule has 0 radical (unpaired) electrons. The maximum atomic E-state index is 12.5. The van der Waals surface area contributed by atoms with Crippen LogP contribution in [0.25, 0.3) is 6.08 Å². The topological polar surface area (TPSA) is 87.3 Å². The molecule has 2 aliphatic rings. The van der Waals surface area contributed by atoms with E-state index in [1.807, 2.05) is 17.5 Å². The van der Waals surface area contributed by atoms with E-state index in [1.165, 1.54) is 23.9 Å². The Hall–Kier alpha value is -2.91. The fourth-order valence-corrected chi connectivity index (χ4v) is 4.27. The molecule has 1 N–H and O–H groups in total. The Labute approximate surface area is 163 Å². The number of hydrogen-bond donors (Lipinski definition) is 1. The summed E-state index contributed by atoms with van der Waals surface area (Å²) in [5.74, 6) is 0.692. The van der Waals surface area contributed by atoms with Crippen molar-refractivity contribution in [3.63, 3.8) is 0 Å². The first-order chi connectivity index (χ1) is 13.1. The van der Waals surface area contributed by atoms with E-state index in [9.17, 15) is 4.79 Å². The third kappa shape index (κ3) is 3.15. The predicted octanol–water partition coefficient (Wildman–Crippen LogP) is 3.43. The molecule has 1 amide bonds. The molecule has 0 bridgehead atoms. The van der Waals surface area contributed by atoms with Crippen molar-refractivity contribution in [2.45, 2.75) is 0 Å². The van der Waals surface area contributed by atoms with Crippen LogP contribution in [0.1, 0.15) is 10.4 Å². The van der Waals surface area contributed by atoms with Gasteiger partial charge in [-0.15, -0.1) is 11.3 Å². The Kier molecular flexibility index (Phi) is 4.54. The molecule has 0 spiro atoms. The van der Waals surface area contributed by atoms with Gasteiger partial charge in [-0.2, -0.15) is 15.1 Å².